The number of ether oxygens (including phenoxy) is 2. The van der Waals surface area contributed by atoms with Crippen LogP contribution in [0.1, 0.15) is 41.5 Å². The highest BCUT2D eigenvalue weighted by atomic mass is 79.9. The highest BCUT2D eigenvalue weighted by Crippen LogP contribution is 2.63. The van der Waals surface area contributed by atoms with E-state index in [9.17, 15) is 14.4 Å². The Balaban J connectivity index is 1.35. The van der Waals surface area contributed by atoms with Gasteiger partial charge in [-0.15, -0.1) is 0 Å². The molecule has 8 rings (SSSR count). The van der Waals surface area contributed by atoms with Crippen molar-refractivity contribution in [3.8, 4) is 0 Å². The minimum Gasteiger partial charge on any atom is -0.347 e. The fourth-order valence-electron chi connectivity index (χ4n) is 7.09. The molecule has 8 nitrogen and oxygen atoms in total. The number of hydrazone groups is 1. The van der Waals surface area contributed by atoms with Gasteiger partial charge in [0, 0.05) is 16.6 Å². The lowest BCUT2D eigenvalue weighted by Gasteiger charge is -2.52. The average molecular weight is 600 g/mol. The van der Waals surface area contributed by atoms with Gasteiger partial charge < -0.3 is 9.47 Å². The molecule has 3 aliphatic carbocycles. The summed E-state index contributed by atoms with van der Waals surface area (Å²) in [6.45, 7) is 2.58. The predicted molar refractivity (Wildman–Crippen MR) is 151 cm³/mol. The zero-order valence-electron chi connectivity index (χ0n) is 21.7. The first-order valence-electron chi connectivity index (χ1n) is 13.3. The minimum atomic E-state index is -1.05. The summed E-state index contributed by atoms with van der Waals surface area (Å²) in [6, 6.07) is 23.0. The largest absolute Gasteiger partial charge is 0.347 e. The van der Waals surface area contributed by atoms with Crippen LogP contribution in [0.4, 0.5) is 5.69 Å². The van der Waals surface area contributed by atoms with E-state index in [4.69, 9.17) is 9.47 Å². The Hall–Kier alpha value is -3.66. The van der Waals surface area contributed by atoms with Gasteiger partial charge in [-0.2, -0.15) is 5.10 Å². The molecule has 5 aliphatic rings. The number of carbonyl (C=O) groups is 3. The Bertz CT molecular complexity index is 1530. The molecule has 0 aromatic heterocycles. The van der Waals surface area contributed by atoms with Crippen LogP contribution in [-0.4, -0.2) is 42.9 Å². The number of nitrogens with zero attached hydrogens (tertiary/aromatic N) is 2. The SMILES string of the molecule is CC1(CC(=O)N/N=C/C23c4ccccc4C(c4ccccc42)C2C(=O)N(c4ccc(Br)cc4)C(=O)C23)OCCO1. The average Bonchev–Trinajstić information content (AvgIpc) is 3.50. The molecule has 3 aromatic rings. The van der Waals surface area contributed by atoms with Crippen LogP contribution >= 0.6 is 15.9 Å². The van der Waals surface area contributed by atoms with E-state index in [1.54, 1.807) is 25.3 Å². The van der Waals surface area contributed by atoms with E-state index < -0.39 is 23.0 Å². The molecule has 3 amide bonds. The van der Waals surface area contributed by atoms with Crippen molar-refractivity contribution in [2.75, 3.05) is 18.1 Å². The van der Waals surface area contributed by atoms with E-state index in [1.807, 2.05) is 60.7 Å². The second-order valence-corrected chi connectivity index (χ2v) is 11.7. The summed E-state index contributed by atoms with van der Waals surface area (Å²) in [5, 5.41) is 4.44. The van der Waals surface area contributed by atoms with Gasteiger partial charge in [0.05, 0.1) is 42.6 Å². The number of imide groups is 1. The number of hydrogen-bond acceptors (Lipinski definition) is 6. The van der Waals surface area contributed by atoms with Gasteiger partial charge in [-0.05, 0) is 53.4 Å². The van der Waals surface area contributed by atoms with Crippen molar-refractivity contribution in [1.29, 1.82) is 0 Å². The van der Waals surface area contributed by atoms with E-state index >= 15 is 0 Å². The fraction of sp³-hybridized carbons (Fsp3) is 0.290. The lowest BCUT2D eigenvalue weighted by Crippen LogP contribution is -2.54. The second-order valence-electron chi connectivity index (χ2n) is 10.8. The number of benzene rings is 3. The van der Waals surface area contributed by atoms with Crippen molar-refractivity contribution in [3.63, 3.8) is 0 Å². The number of rotatable bonds is 5. The number of amides is 3. The van der Waals surface area contributed by atoms with Crippen LogP contribution < -0.4 is 10.3 Å². The third-order valence-electron chi connectivity index (χ3n) is 8.61. The van der Waals surface area contributed by atoms with E-state index in [-0.39, 0.29) is 30.1 Å². The molecule has 2 heterocycles. The van der Waals surface area contributed by atoms with Crippen LogP contribution in [0.15, 0.2) is 82.4 Å². The van der Waals surface area contributed by atoms with Gasteiger partial charge in [-0.1, -0.05) is 64.5 Å². The second kappa shape index (κ2) is 9.19. The van der Waals surface area contributed by atoms with Gasteiger partial charge in [0.15, 0.2) is 5.79 Å². The molecule has 0 saturated carbocycles. The van der Waals surface area contributed by atoms with Crippen LogP contribution in [0.5, 0.6) is 0 Å². The van der Waals surface area contributed by atoms with Gasteiger partial charge in [0.1, 0.15) is 0 Å². The van der Waals surface area contributed by atoms with Crippen molar-refractivity contribution in [2.45, 2.75) is 30.5 Å². The molecule has 0 radical (unpaired) electrons. The van der Waals surface area contributed by atoms with Crippen molar-refractivity contribution in [3.05, 3.63) is 99.5 Å². The fourth-order valence-corrected chi connectivity index (χ4v) is 7.35. The van der Waals surface area contributed by atoms with Crippen molar-refractivity contribution >= 4 is 45.6 Å². The van der Waals surface area contributed by atoms with Gasteiger partial charge in [-0.25, -0.2) is 10.3 Å². The third kappa shape index (κ3) is 3.57. The quantitative estimate of drug-likeness (QED) is 0.268. The number of halogens is 1. The van der Waals surface area contributed by atoms with Crippen molar-refractivity contribution in [2.24, 2.45) is 16.9 Å². The smallest absolute Gasteiger partial charge is 0.245 e. The van der Waals surface area contributed by atoms with Gasteiger partial charge in [-0.3, -0.25) is 14.4 Å². The van der Waals surface area contributed by atoms with Crippen molar-refractivity contribution < 1.29 is 23.9 Å². The van der Waals surface area contributed by atoms with Gasteiger partial charge in [0.2, 0.25) is 17.7 Å². The summed E-state index contributed by atoms with van der Waals surface area (Å²) in [5.74, 6) is -3.47. The Morgan fingerprint density at radius 1 is 0.975 bits per heavy atom. The Labute approximate surface area is 239 Å². The topological polar surface area (TPSA) is 97.3 Å². The van der Waals surface area contributed by atoms with Crippen LogP contribution in [0.2, 0.25) is 0 Å². The van der Waals surface area contributed by atoms with E-state index in [0.717, 1.165) is 26.7 Å². The molecule has 40 heavy (non-hydrogen) atoms. The van der Waals surface area contributed by atoms with Crippen LogP contribution in [0.3, 0.4) is 0 Å². The number of carbonyl (C=O) groups excluding carboxylic acids is 3. The van der Waals surface area contributed by atoms with E-state index in [1.165, 1.54) is 4.90 Å². The molecule has 2 saturated heterocycles. The summed E-state index contributed by atoms with van der Waals surface area (Å²) in [5.41, 5.74) is 5.95. The van der Waals surface area contributed by atoms with Crippen LogP contribution in [-0.2, 0) is 29.3 Å². The van der Waals surface area contributed by atoms with Gasteiger partial charge in [0.25, 0.3) is 0 Å². The molecule has 2 atom stereocenters. The third-order valence-corrected chi connectivity index (χ3v) is 9.13. The maximum absolute atomic E-state index is 14.3. The molecular formula is C31H26BrN3O5. The van der Waals surface area contributed by atoms with Gasteiger partial charge >= 0.3 is 0 Å². The Morgan fingerprint density at radius 3 is 2.20 bits per heavy atom. The van der Waals surface area contributed by atoms with Crippen LogP contribution in [0.25, 0.3) is 0 Å². The molecule has 2 fully saturated rings. The molecular weight excluding hydrogens is 574 g/mol. The molecule has 202 valence electrons. The summed E-state index contributed by atoms with van der Waals surface area (Å²) in [4.78, 5) is 42.6. The zero-order valence-corrected chi connectivity index (χ0v) is 23.3. The predicted octanol–water partition coefficient (Wildman–Crippen LogP) is 4.26. The molecule has 1 N–H and O–H groups in total. The van der Waals surface area contributed by atoms with Crippen LogP contribution in [0, 0.1) is 11.8 Å². The number of nitrogens with one attached hydrogen (secondary N) is 1. The Kier molecular flexibility index (Phi) is 5.82. The molecule has 9 heteroatoms. The summed E-state index contributed by atoms with van der Waals surface area (Å²) in [6.07, 6.45) is 1.64. The number of hydrogen-bond donors (Lipinski definition) is 1. The summed E-state index contributed by atoms with van der Waals surface area (Å²) in [7, 11) is 0. The summed E-state index contributed by atoms with van der Waals surface area (Å²) < 4.78 is 12.0. The molecule has 2 unspecified atom stereocenters. The first kappa shape index (κ1) is 25.3. The first-order chi connectivity index (χ1) is 19.3. The Morgan fingerprint density at radius 2 is 1.57 bits per heavy atom. The minimum absolute atomic E-state index is 0.0204. The van der Waals surface area contributed by atoms with Crippen molar-refractivity contribution in [1.82, 2.24) is 5.43 Å². The maximum Gasteiger partial charge on any atom is 0.245 e. The monoisotopic (exact) mass is 599 g/mol. The highest BCUT2D eigenvalue weighted by Gasteiger charge is 2.68. The number of anilines is 1. The lowest BCUT2D eigenvalue weighted by atomic mass is 9.47. The maximum atomic E-state index is 14.3. The summed E-state index contributed by atoms with van der Waals surface area (Å²) >= 11 is 3.44. The molecule has 3 aromatic carbocycles. The standard InChI is InChI=1S/C31H26BrN3O5/c1-30(39-14-15-40-30)16-24(36)34-33-17-31-22-8-4-2-6-20(22)25(21-7-3-5-9-23(21)31)26-27(31)29(38)35(28(26)37)19-12-10-18(32)11-13-19/h2-13,17,25-27H,14-16H2,1H3,(H,34,36)/b33-17+. The van der Waals surface area contributed by atoms with E-state index in [2.05, 4.69) is 26.5 Å². The molecule has 0 spiro atoms. The molecule has 2 aliphatic heterocycles. The van der Waals surface area contributed by atoms with E-state index in [0.29, 0.717) is 18.9 Å². The molecule has 2 bridgehead atoms. The first-order valence-corrected chi connectivity index (χ1v) is 14.1. The lowest BCUT2D eigenvalue weighted by molar-refractivity contribution is -0.159. The normalized spacial score (nSPS) is 27.6. The highest BCUT2D eigenvalue weighted by molar-refractivity contribution is 9.10. The zero-order chi connectivity index (χ0) is 27.6.